The van der Waals surface area contributed by atoms with Crippen molar-refractivity contribution in [1.29, 1.82) is 0 Å². The summed E-state index contributed by atoms with van der Waals surface area (Å²) in [5, 5.41) is 18.1. The maximum absolute atomic E-state index is 10.7. The van der Waals surface area contributed by atoms with E-state index >= 15 is 0 Å². The molecule has 0 spiro atoms. The summed E-state index contributed by atoms with van der Waals surface area (Å²) in [5.41, 5.74) is 0.690. The monoisotopic (exact) mass is 266 g/mol. The second-order valence-corrected chi connectivity index (χ2v) is 4.61. The van der Waals surface area contributed by atoms with Crippen LogP contribution >= 0.6 is 0 Å². The summed E-state index contributed by atoms with van der Waals surface area (Å²) >= 11 is 0. The quantitative estimate of drug-likeness (QED) is 0.810. The molecule has 1 aliphatic heterocycles. The van der Waals surface area contributed by atoms with Crippen LogP contribution in [0, 0.1) is 0 Å². The second kappa shape index (κ2) is 6.54. The molecule has 1 aromatic carbocycles. The highest BCUT2D eigenvalue weighted by Gasteiger charge is 2.19. The van der Waals surface area contributed by atoms with Gasteiger partial charge in [-0.3, -0.25) is 0 Å². The van der Waals surface area contributed by atoms with E-state index in [4.69, 9.17) is 14.6 Å². The maximum Gasteiger partial charge on any atom is 0.332 e. The summed E-state index contributed by atoms with van der Waals surface area (Å²) in [6.07, 6.45) is 0.773. The number of aliphatic hydroxyl groups is 1. The first-order chi connectivity index (χ1) is 9.16. The topological polar surface area (TPSA) is 76.0 Å². The van der Waals surface area contributed by atoms with Gasteiger partial charge in [0.25, 0.3) is 0 Å². The summed E-state index contributed by atoms with van der Waals surface area (Å²) < 4.78 is 11.1. The van der Waals surface area contributed by atoms with Crippen molar-refractivity contribution in [3.63, 3.8) is 0 Å². The molecule has 0 aromatic heterocycles. The predicted octanol–water partition coefficient (Wildman–Crippen LogP) is 1.23. The largest absolute Gasteiger partial charge is 0.491 e. The molecule has 0 radical (unpaired) electrons. The zero-order valence-corrected chi connectivity index (χ0v) is 10.6. The van der Waals surface area contributed by atoms with Crippen molar-refractivity contribution in [2.45, 2.75) is 31.5 Å². The van der Waals surface area contributed by atoms with E-state index < -0.39 is 12.1 Å². The minimum absolute atomic E-state index is 0.0387. The van der Waals surface area contributed by atoms with Gasteiger partial charge in [-0.2, -0.15) is 0 Å². The first-order valence-corrected chi connectivity index (χ1v) is 6.40. The number of carbonyl (C=O) groups is 1. The molecule has 0 unspecified atom stereocenters. The number of benzene rings is 1. The van der Waals surface area contributed by atoms with Crippen LogP contribution in [0.4, 0.5) is 0 Å². The number of hydrogen-bond acceptors (Lipinski definition) is 4. The van der Waals surface area contributed by atoms with Gasteiger partial charge in [-0.1, -0.05) is 18.2 Å². The summed E-state index contributed by atoms with van der Waals surface area (Å²) in [6, 6.07) is 7.15. The molecule has 2 atom stereocenters. The van der Waals surface area contributed by atoms with Gasteiger partial charge in [0.2, 0.25) is 0 Å². The Kier molecular flexibility index (Phi) is 4.76. The Balaban J connectivity index is 1.96. The van der Waals surface area contributed by atoms with Gasteiger partial charge in [-0.15, -0.1) is 0 Å². The highest BCUT2D eigenvalue weighted by molar-refractivity contribution is 5.72. The fourth-order valence-corrected chi connectivity index (χ4v) is 2.07. The zero-order chi connectivity index (χ0) is 13.7. The highest BCUT2D eigenvalue weighted by atomic mass is 16.5. The molecular weight excluding hydrogens is 248 g/mol. The van der Waals surface area contributed by atoms with Crippen LogP contribution in [0.25, 0.3) is 0 Å². The van der Waals surface area contributed by atoms with Gasteiger partial charge in [0.05, 0.1) is 6.10 Å². The average Bonchev–Trinajstić information content (AvgIpc) is 2.90. The van der Waals surface area contributed by atoms with Crippen LogP contribution in [0.1, 0.15) is 18.4 Å². The molecule has 1 saturated heterocycles. The number of carboxylic acids is 1. The minimum Gasteiger partial charge on any atom is -0.491 e. The number of ether oxygens (including phenoxy) is 2. The van der Waals surface area contributed by atoms with Crippen molar-refractivity contribution >= 4 is 5.97 Å². The lowest BCUT2D eigenvalue weighted by atomic mass is 10.1. The number of aliphatic carboxylic acids is 1. The molecule has 5 heteroatoms. The standard InChI is InChI=1S/C14H18O5/c15-12(14(16)17)8-10-4-1-2-6-13(10)19-9-11-5-3-7-18-11/h1-2,4,6,11-12,15H,3,5,7-9H2,(H,16,17)/t11-,12+/m0/s1. The van der Waals surface area contributed by atoms with Crippen LogP contribution in [-0.2, 0) is 16.0 Å². The third kappa shape index (κ3) is 3.94. The molecule has 1 fully saturated rings. The summed E-state index contributed by atoms with van der Waals surface area (Å²) in [7, 11) is 0. The normalized spacial score (nSPS) is 20.2. The highest BCUT2D eigenvalue weighted by Crippen LogP contribution is 2.21. The van der Waals surface area contributed by atoms with Crippen LogP contribution in [0.15, 0.2) is 24.3 Å². The van der Waals surface area contributed by atoms with E-state index in [1.165, 1.54) is 0 Å². The van der Waals surface area contributed by atoms with Crippen LogP contribution in [-0.4, -0.2) is 41.6 Å². The van der Waals surface area contributed by atoms with E-state index in [-0.39, 0.29) is 12.5 Å². The average molecular weight is 266 g/mol. The fraction of sp³-hybridized carbons (Fsp3) is 0.500. The Morgan fingerprint density at radius 2 is 2.26 bits per heavy atom. The Labute approximate surface area is 111 Å². The molecule has 104 valence electrons. The van der Waals surface area contributed by atoms with E-state index in [1.54, 1.807) is 18.2 Å². The smallest absolute Gasteiger partial charge is 0.332 e. The molecule has 2 rings (SSSR count). The van der Waals surface area contributed by atoms with E-state index in [0.29, 0.717) is 17.9 Å². The summed E-state index contributed by atoms with van der Waals surface area (Å²) in [6.45, 7) is 1.23. The van der Waals surface area contributed by atoms with E-state index in [1.807, 2.05) is 6.07 Å². The number of para-hydroxylation sites is 1. The molecule has 0 saturated carbocycles. The lowest BCUT2D eigenvalue weighted by Gasteiger charge is -2.15. The Morgan fingerprint density at radius 3 is 2.95 bits per heavy atom. The first-order valence-electron chi connectivity index (χ1n) is 6.40. The van der Waals surface area contributed by atoms with E-state index in [9.17, 15) is 9.90 Å². The van der Waals surface area contributed by atoms with Gasteiger partial charge < -0.3 is 19.7 Å². The molecule has 5 nitrogen and oxygen atoms in total. The number of hydrogen-bond donors (Lipinski definition) is 2. The molecule has 0 bridgehead atoms. The number of carboxylic acid groups (broad SMARTS) is 1. The molecule has 19 heavy (non-hydrogen) atoms. The van der Waals surface area contributed by atoms with Gasteiger partial charge in [0, 0.05) is 13.0 Å². The van der Waals surface area contributed by atoms with Crippen molar-refractivity contribution in [3.05, 3.63) is 29.8 Å². The van der Waals surface area contributed by atoms with Crippen LogP contribution in [0.2, 0.25) is 0 Å². The Bertz CT molecular complexity index is 426. The third-order valence-electron chi connectivity index (χ3n) is 3.12. The third-order valence-corrected chi connectivity index (χ3v) is 3.12. The molecule has 1 aliphatic rings. The number of rotatable bonds is 6. The number of aliphatic hydroxyl groups excluding tert-OH is 1. The van der Waals surface area contributed by atoms with Crippen molar-refractivity contribution in [2.24, 2.45) is 0 Å². The first kappa shape index (κ1) is 13.8. The summed E-state index contributed by atoms with van der Waals surface area (Å²) in [5.74, 6) is -0.618. The van der Waals surface area contributed by atoms with Crippen LogP contribution in [0.5, 0.6) is 5.75 Å². The summed E-state index contributed by atoms with van der Waals surface area (Å²) in [4.78, 5) is 10.7. The molecule has 0 aliphatic carbocycles. The SMILES string of the molecule is O=C(O)[C@H](O)Cc1ccccc1OC[C@@H]1CCCO1. The maximum atomic E-state index is 10.7. The Morgan fingerprint density at radius 1 is 1.47 bits per heavy atom. The molecular formula is C14H18O5. The van der Waals surface area contributed by atoms with Crippen LogP contribution in [0.3, 0.4) is 0 Å². The lowest BCUT2D eigenvalue weighted by molar-refractivity contribution is -0.146. The van der Waals surface area contributed by atoms with Gasteiger partial charge in [0.1, 0.15) is 12.4 Å². The van der Waals surface area contributed by atoms with Gasteiger partial charge in [-0.25, -0.2) is 4.79 Å². The van der Waals surface area contributed by atoms with Crippen molar-refractivity contribution < 1.29 is 24.5 Å². The molecule has 2 N–H and O–H groups in total. The molecule has 1 heterocycles. The van der Waals surface area contributed by atoms with E-state index in [0.717, 1.165) is 19.4 Å². The van der Waals surface area contributed by atoms with Gasteiger partial charge in [0.15, 0.2) is 6.10 Å². The minimum atomic E-state index is -1.41. The second-order valence-electron chi connectivity index (χ2n) is 4.61. The van der Waals surface area contributed by atoms with Crippen molar-refractivity contribution in [3.8, 4) is 5.75 Å². The van der Waals surface area contributed by atoms with Crippen molar-refractivity contribution in [1.82, 2.24) is 0 Å². The lowest BCUT2D eigenvalue weighted by Crippen LogP contribution is -2.23. The van der Waals surface area contributed by atoms with Gasteiger partial charge in [-0.05, 0) is 24.5 Å². The Hall–Kier alpha value is -1.59. The van der Waals surface area contributed by atoms with Gasteiger partial charge >= 0.3 is 5.97 Å². The van der Waals surface area contributed by atoms with Crippen LogP contribution < -0.4 is 4.74 Å². The molecule has 0 amide bonds. The molecule has 1 aromatic rings. The predicted molar refractivity (Wildman–Crippen MR) is 68.3 cm³/mol. The zero-order valence-electron chi connectivity index (χ0n) is 10.6. The van der Waals surface area contributed by atoms with Crippen molar-refractivity contribution in [2.75, 3.05) is 13.2 Å². The van der Waals surface area contributed by atoms with E-state index in [2.05, 4.69) is 0 Å². The fourth-order valence-electron chi connectivity index (χ4n) is 2.07.